The van der Waals surface area contributed by atoms with Gasteiger partial charge in [0.05, 0.1) is 0 Å². The first-order valence-electron chi connectivity index (χ1n) is 5.59. The molecular formula is C10H16N4OS2. The van der Waals surface area contributed by atoms with Gasteiger partial charge >= 0.3 is 0 Å². The molecule has 0 saturated carbocycles. The van der Waals surface area contributed by atoms with Gasteiger partial charge in [-0.15, -0.1) is 10.2 Å². The maximum Gasteiger partial charge on any atom is 0.226 e. The van der Waals surface area contributed by atoms with Crippen molar-refractivity contribution in [3.8, 4) is 0 Å². The van der Waals surface area contributed by atoms with Gasteiger partial charge in [0.2, 0.25) is 11.0 Å². The van der Waals surface area contributed by atoms with Crippen LogP contribution < -0.4 is 10.6 Å². The Kier molecular flexibility index (Phi) is 5.99. The summed E-state index contributed by atoms with van der Waals surface area (Å²) in [7, 11) is 0. The fourth-order valence-corrected chi connectivity index (χ4v) is 2.06. The molecule has 94 valence electrons. The Balaban J connectivity index is 2.36. The van der Waals surface area contributed by atoms with Crippen LogP contribution in [-0.4, -0.2) is 21.2 Å². The van der Waals surface area contributed by atoms with E-state index in [-0.39, 0.29) is 11.0 Å². The lowest BCUT2D eigenvalue weighted by molar-refractivity contribution is -0.119. The van der Waals surface area contributed by atoms with E-state index < -0.39 is 0 Å². The van der Waals surface area contributed by atoms with Gasteiger partial charge < -0.3 is 10.6 Å². The van der Waals surface area contributed by atoms with Crippen LogP contribution in [0.1, 0.15) is 38.1 Å². The van der Waals surface area contributed by atoms with Crippen LogP contribution in [0.3, 0.4) is 0 Å². The van der Waals surface area contributed by atoms with Gasteiger partial charge in [0.1, 0.15) is 5.01 Å². The fraction of sp³-hybridized carbons (Fsp3) is 0.600. The van der Waals surface area contributed by atoms with E-state index in [4.69, 9.17) is 12.2 Å². The highest BCUT2D eigenvalue weighted by molar-refractivity contribution is 7.80. The summed E-state index contributed by atoms with van der Waals surface area (Å²) in [5.41, 5.74) is 0. The van der Waals surface area contributed by atoms with E-state index in [1.807, 2.05) is 13.8 Å². The number of hydrogen-bond acceptors (Lipinski definition) is 5. The molecule has 0 aliphatic carbocycles. The third-order valence-electron chi connectivity index (χ3n) is 2.00. The van der Waals surface area contributed by atoms with E-state index in [1.54, 1.807) is 0 Å². The third-order valence-corrected chi connectivity index (χ3v) is 3.19. The molecule has 1 aromatic heterocycles. The molecule has 0 aromatic carbocycles. The van der Waals surface area contributed by atoms with E-state index in [1.165, 1.54) is 11.3 Å². The molecule has 0 bridgehead atoms. The molecule has 1 rings (SSSR count). The minimum Gasteiger partial charge on any atom is -0.307 e. The first-order valence-corrected chi connectivity index (χ1v) is 6.81. The van der Waals surface area contributed by atoms with Crippen molar-refractivity contribution in [2.75, 3.05) is 5.32 Å². The lowest BCUT2D eigenvalue weighted by Crippen LogP contribution is -2.33. The highest BCUT2D eigenvalue weighted by Gasteiger charge is 2.07. The van der Waals surface area contributed by atoms with Crippen molar-refractivity contribution in [3.63, 3.8) is 0 Å². The summed E-state index contributed by atoms with van der Waals surface area (Å²) < 4.78 is 0. The molecule has 0 aliphatic rings. The molecule has 0 spiro atoms. The van der Waals surface area contributed by atoms with Crippen molar-refractivity contribution in [2.24, 2.45) is 0 Å². The summed E-state index contributed by atoms with van der Waals surface area (Å²) in [5, 5.41) is 15.2. The number of unbranched alkanes of at least 4 members (excludes halogenated alkanes) is 1. The van der Waals surface area contributed by atoms with E-state index >= 15 is 0 Å². The number of carbonyl (C=O) groups is 1. The van der Waals surface area contributed by atoms with Gasteiger partial charge in [-0.25, -0.2) is 0 Å². The zero-order valence-electron chi connectivity index (χ0n) is 9.95. The molecule has 7 heteroatoms. The third kappa shape index (κ3) is 5.18. The quantitative estimate of drug-likeness (QED) is 0.804. The molecule has 17 heavy (non-hydrogen) atoms. The van der Waals surface area contributed by atoms with Gasteiger partial charge in [0, 0.05) is 6.42 Å². The number of anilines is 1. The monoisotopic (exact) mass is 272 g/mol. The average molecular weight is 272 g/mol. The number of amides is 1. The normalized spacial score (nSPS) is 10.0. The van der Waals surface area contributed by atoms with Gasteiger partial charge in [-0.1, -0.05) is 31.6 Å². The van der Waals surface area contributed by atoms with Crippen LogP contribution in [-0.2, 0) is 11.2 Å². The van der Waals surface area contributed by atoms with Crippen LogP contribution in [0.25, 0.3) is 0 Å². The Morgan fingerprint density at radius 2 is 2.18 bits per heavy atom. The van der Waals surface area contributed by atoms with Crippen LogP contribution in [0.4, 0.5) is 5.13 Å². The molecule has 5 nitrogen and oxygen atoms in total. The number of aromatic nitrogens is 2. The van der Waals surface area contributed by atoms with Crippen molar-refractivity contribution in [2.45, 2.75) is 39.5 Å². The number of nitrogens with one attached hydrogen (secondary N) is 2. The molecule has 1 amide bonds. The molecule has 0 unspecified atom stereocenters. The van der Waals surface area contributed by atoms with Crippen LogP contribution in [0.2, 0.25) is 0 Å². The largest absolute Gasteiger partial charge is 0.307 e. The Morgan fingerprint density at radius 3 is 2.76 bits per heavy atom. The van der Waals surface area contributed by atoms with Crippen molar-refractivity contribution in [1.82, 2.24) is 15.5 Å². The molecule has 1 aromatic rings. The number of thiocarbonyl (C=S) groups is 1. The van der Waals surface area contributed by atoms with Gasteiger partial charge in [-0.2, -0.15) is 0 Å². The molecule has 2 N–H and O–H groups in total. The van der Waals surface area contributed by atoms with E-state index in [0.29, 0.717) is 11.6 Å². The minimum absolute atomic E-state index is 0.0652. The van der Waals surface area contributed by atoms with E-state index in [0.717, 1.165) is 24.3 Å². The summed E-state index contributed by atoms with van der Waals surface area (Å²) in [5.74, 6) is -0.0652. The average Bonchev–Trinajstić information content (AvgIpc) is 2.73. The van der Waals surface area contributed by atoms with E-state index in [2.05, 4.69) is 20.8 Å². The predicted octanol–water partition coefficient (Wildman–Crippen LogP) is 2.10. The highest BCUT2D eigenvalue weighted by Crippen LogP contribution is 2.14. The zero-order chi connectivity index (χ0) is 12.7. The molecule has 0 fully saturated rings. The molecule has 0 radical (unpaired) electrons. The van der Waals surface area contributed by atoms with Crippen LogP contribution >= 0.6 is 23.6 Å². The van der Waals surface area contributed by atoms with Gasteiger partial charge in [0.25, 0.3) is 0 Å². The number of hydrogen-bond donors (Lipinski definition) is 2. The smallest absolute Gasteiger partial charge is 0.226 e. The first-order chi connectivity index (χ1) is 8.15. The summed E-state index contributed by atoms with van der Waals surface area (Å²) in [4.78, 5) is 11.4. The minimum atomic E-state index is -0.0652. The Hall–Kier alpha value is -1.08. The zero-order valence-corrected chi connectivity index (χ0v) is 11.6. The Bertz CT molecular complexity index is 391. The van der Waals surface area contributed by atoms with Gasteiger partial charge in [-0.3, -0.25) is 4.79 Å². The number of aryl methyl sites for hydroxylation is 1. The summed E-state index contributed by atoms with van der Waals surface area (Å²) in [6.07, 6.45) is 3.20. The maximum absolute atomic E-state index is 11.4. The van der Waals surface area contributed by atoms with Crippen LogP contribution in [0.15, 0.2) is 0 Å². The SMILES string of the molecule is CCCCC(=O)NC(=S)Nc1nnc(CC)s1. The maximum atomic E-state index is 11.4. The molecule has 0 aliphatic heterocycles. The highest BCUT2D eigenvalue weighted by atomic mass is 32.1. The lowest BCUT2D eigenvalue weighted by atomic mass is 10.2. The predicted molar refractivity (Wildman–Crippen MR) is 73.2 cm³/mol. The van der Waals surface area contributed by atoms with Crippen molar-refractivity contribution < 1.29 is 4.79 Å². The van der Waals surface area contributed by atoms with Crippen molar-refractivity contribution >= 4 is 39.7 Å². The fourth-order valence-electron chi connectivity index (χ4n) is 1.10. The number of rotatable bonds is 5. The van der Waals surface area contributed by atoms with Crippen LogP contribution in [0.5, 0.6) is 0 Å². The second kappa shape index (κ2) is 7.29. The lowest BCUT2D eigenvalue weighted by Gasteiger charge is -2.05. The Morgan fingerprint density at radius 1 is 1.41 bits per heavy atom. The van der Waals surface area contributed by atoms with Gasteiger partial charge in [-0.05, 0) is 25.1 Å². The number of carbonyl (C=O) groups excluding carboxylic acids is 1. The van der Waals surface area contributed by atoms with Crippen molar-refractivity contribution in [3.05, 3.63) is 5.01 Å². The van der Waals surface area contributed by atoms with Crippen molar-refractivity contribution in [1.29, 1.82) is 0 Å². The Labute approximate surface area is 110 Å². The molecule has 0 saturated heterocycles. The molecule has 1 heterocycles. The second-order valence-electron chi connectivity index (χ2n) is 3.46. The molecular weight excluding hydrogens is 256 g/mol. The summed E-state index contributed by atoms with van der Waals surface area (Å²) in [6.45, 7) is 4.05. The topological polar surface area (TPSA) is 66.9 Å². The van der Waals surface area contributed by atoms with E-state index in [9.17, 15) is 4.79 Å². The summed E-state index contributed by atoms with van der Waals surface area (Å²) >= 11 is 6.44. The van der Waals surface area contributed by atoms with Crippen LogP contribution in [0, 0.1) is 0 Å². The second-order valence-corrected chi connectivity index (χ2v) is 4.93. The molecule has 0 atom stereocenters. The first kappa shape index (κ1) is 14.0. The van der Waals surface area contributed by atoms with Gasteiger partial charge in [0.15, 0.2) is 5.11 Å². The summed E-state index contributed by atoms with van der Waals surface area (Å²) in [6, 6.07) is 0. The standard InChI is InChI=1S/C10H16N4OS2/c1-3-5-6-7(15)11-9(16)12-10-14-13-8(4-2)17-10/h3-6H2,1-2H3,(H2,11,12,14,15,16). The number of nitrogens with zero attached hydrogens (tertiary/aromatic N) is 2.